The summed E-state index contributed by atoms with van der Waals surface area (Å²) in [6.45, 7) is 3.13. The molecule has 0 aliphatic rings. The van der Waals surface area contributed by atoms with Crippen molar-refractivity contribution in [2.24, 2.45) is 0 Å². The van der Waals surface area contributed by atoms with Gasteiger partial charge in [0.05, 0.1) is 6.61 Å². The monoisotopic (exact) mass is 314 g/mol. The van der Waals surface area contributed by atoms with Crippen LogP contribution in [0.5, 0.6) is 0 Å². The third-order valence-electron chi connectivity index (χ3n) is 3.88. The van der Waals surface area contributed by atoms with E-state index in [1.807, 2.05) is 0 Å². The van der Waals surface area contributed by atoms with Crippen LogP contribution in [0.15, 0.2) is 60.7 Å². The van der Waals surface area contributed by atoms with Crippen LogP contribution in [-0.4, -0.2) is 12.8 Å². The summed E-state index contributed by atoms with van der Waals surface area (Å²) >= 11 is 0. The lowest BCUT2D eigenvalue weighted by molar-refractivity contribution is 0.351. The van der Waals surface area contributed by atoms with Gasteiger partial charge in [-0.25, -0.2) is 0 Å². The molecule has 0 saturated heterocycles. The van der Waals surface area contributed by atoms with Crippen molar-refractivity contribution < 1.29 is 4.52 Å². The normalized spacial score (nSPS) is 11.5. The molecular weight excluding hydrogens is 287 g/mol. The first-order valence-electron chi connectivity index (χ1n) is 8.36. The fourth-order valence-corrected chi connectivity index (χ4v) is 3.42. The standard InChI is InChI=1S/C20H27OP/c1-2-3-16-21-22-17-10-15-20(18-11-6-4-7-12-18)19-13-8-5-9-14-19/h4-9,11-14,20,22H,2-3,10,15-17H2,1H3. The number of hydrogen-bond donors (Lipinski definition) is 0. The van der Waals surface area contributed by atoms with E-state index in [0.717, 1.165) is 6.61 Å². The predicted octanol–water partition coefficient (Wildman–Crippen LogP) is 6.01. The Hall–Kier alpha value is -1.17. The summed E-state index contributed by atoms with van der Waals surface area (Å²) in [5, 5.41) is 0. The fraction of sp³-hybridized carbons (Fsp3) is 0.400. The smallest absolute Gasteiger partial charge is 0.0505 e. The Balaban J connectivity index is 1.87. The second-order valence-electron chi connectivity index (χ2n) is 5.61. The molecule has 118 valence electrons. The van der Waals surface area contributed by atoms with Crippen molar-refractivity contribution in [1.29, 1.82) is 0 Å². The van der Waals surface area contributed by atoms with Gasteiger partial charge in [0.1, 0.15) is 0 Å². The van der Waals surface area contributed by atoms with Gasteiger partial charge in [-0.3, -0.25) is 0 Å². The molecule has 0 bridgehead atoms. The highest BCUT2D eigenvalue weighted by Gasteiger charge is 2.13. The average Bonchev–Trinajstić information content (AvgIpc) is 2.59. The number of rotatable bonds is 10. The average molecular weight is 314 g/mol. The summed E-state index contributed by atoms with van der Waals surface area (Å²) in [7, 11) is 0.657. The molecule has 0 amide bonds. The highest BCUT2D eigenvalue weighted by molar-refractivity contribution is 7.32. The van der Waals surface area contributed by atoms with Crippen molar-refractivity contribution >= 4 is 8.81 Å². The molecule has 0 saturated carbocycles. The summed E-state index contributed by atoms with van der Waals surface area (Å²) in [5.41, 5.74) is 2.84. The molecule has 0 spiro atoms. The number of benzene rings is 2. The summed E-state index contributed by atoms with van der Waals surface area (Å²) < 4.78 is 5.70. The van der Waals surface area contributed by atoms with Crippen molar-refractivity contribution in [3.63, 3.8) is 0 Å². The van der Waals surface area contributed by atoms with Gasteiger partial charge in [-0.05, 0) is 36.6 Å². The lowest BCUT2D eigenvalue weighted by atomic mass is 9.88. The minimum atomic E-state index is 0.503. The van der Waals surface area contributed by atoms with Crippen LogP contribution in [0.2, 0.25) is 0 Å². The molecule has 1 atom stereocenters. The second kappa shape index (κ2) is 10.5. The van der Waals surface area contributed by atoms with E-state index in [0.29, 0.717) is 14.7 Å². The molecule has 0 radical (unpaired) electrons. The third-order valence-corrected chi connectivity index (χ3v) is 4.84. The largest absolute Gasteiger partial charge is 0.362 e. The van der Waals surface area contributed by atoms with Crippen LogP contribution >= 0.6 is 8.81 Å². The van der Waals surface area contributed by atoms with Gasteiger partial charge in [-0.1, -0.05) is 74.0 Å². The third kappa shape index (κ3) is 5.91. The van der Waals surface area contributed by atoms with Crippen LogP contribution in [0.25, 0.3) is 0 Å². The van der Waals surface area contributed by atoms with Gasteiger partial charge in [-0.15, -0.1) is 0 Å². The highest BCUT2D eigenvalue weighted by atomic mass is 31.1. The van der Waals surface area contributed by atoms with Crippen LogP contribution in [0.1, 0.15) is 49.7 Å². The zero-order valence-electron chi connectivity index (χ0n) is 13.5. The van der Waals surface area contributed by atoms with E-state index < -0.39 is 0 Å². The molecule has 1 unspecified atom stereocenters. The molecule has 0 N–H and O–H groups in total. The fourth-order valence-electron chi connectivity index (χ4n) is 2.64. The molecular formula is C20H27OP. The van der Waals surface area contributed by atoms with Crippen molar-refractivity contribution in [3.8, 4) is 0 Å². The van der Waals surface area contributed by atoms with Gasteiger partial charge in [0, 0.05) is 14.7 Å². The van der Waals surface area contributed by atoms with Crippen LogP contribution in [-0.2, 0) is 4.52 Å². The molecule has 0 fully saturated rings. The first-order valence-corrected chi connectivity index (χ1v) is 9.48. The minimum Gasteiger partial charge on any atom is -0.362 e. The van der Waals surface area contributed by atoms with Crippen LogP contribution in [0, 0.1) is 0 Å². The van der Waals surface area contributed by atoms with Gasteiger partial charge in [0.2, 0.25) is 0 Å². The summed E-state index contributed by atoms with van der Waals surface area (Å²) in [4.78, 5) is 0. The zero-order valence-corrected chi connectivity index (χ0v) is 14.5. The van der Waals surface area contributed by atoms with Crippen molar-refractivity contribution in [2.75, 3.05) is 12.8 Å². The maximum Gasteiger partial charge on any atom is 0.0505 e. The van der Waals surface area contributed by atoms with Gasteiger partial charge in [0.15, 0.2) is 0 Å². The highest BCUT2D eigenvalue weighted by Crippen LogP contribution is 2.30. The van der Waals surface area contributed by atoms with E-state index in [2.05, 4.69) is 67.6 Å². The van der Waals surface area contributed by atoms with E-state index in [9.17, 15) is 0 Å². The zero-order chi connectivity index (χ0) is 15.5. The van der Waals surface area contributed by atoms with Crippen molar-refractivity contribution in [2.45, 2.75) is 38.5 Å². The van der Waals surface area contributed by atoms with E-state index in [1.165, 1.54) is 43.0 Å². The summed E-state index contributed by atoms with van der Waals surface area (Å²) in [6.07, 6.45) is 6.00. The first-order chi connectivity index (χ1) is 10.9. The van der Waals surface area contributed by atoms with Gasteiger partial charge in [-0.2, -0.15) is 0 Å². The molecule has 22 heavy (non-hydrogen) atoms. The maximum absolute atomic E-state index is 5.70. The Bertz CT molecular complexity index is 458. The Morgan fingerprint density at radius 3 is 2.00 bits per heavy atom. The van der Waals surface area contributed by atoms with E-state index >= 15 is 0 Å². The Kier molecular flexibility index (Phi) is 8.23. The lowest BCUT2D eigenvalue weighted by Gasteiger charge is -2.18. The number of unbranched alkanes of at least 4 members (excludes halogenated alkanes) is 1. The molecule has 2 aromatic rings. The maximum atomic E-state index is 5.70. The first kappa shape index (κ1) is 17.2. The van der Waals surface area contributed by atoms with Crippen LogP contribution in [0.3, 0.4) is 0 Å². The topological polar surface area (TPSA) is 9.23 Å². The Morgan fingerprint density at radius 1 is 0.864 bits per heavy atom. The predicted molar refractivity (Wildman–Crippen MR) is 98.0 cm³/mol. The summed E-state index contributed by atoms with van der Waals surface area (Å²) in [5.74, 6) is 0.503. The van der Waals surface area contributed by atoms with Crippen molar-refractivity contribution in [3.05, 3.63) is 71.8 Å². The molecule has 2 rings (SSSR count). The van der Waals surface area contributed by atoms with E-state index in [-0.39, 0.29) is 0 Å². The van der Waals surface area contributed by atoms with Gasteiger partial charge in [0.25, 0.3) is 0 Å². The van der Waals surface area contributed by atoms with Crippen molar-refractivity contribution in [1.82, 2.24) is 0 Å². The van der Waals surface area contributed by atoms with Crippen LogP contribution < -0.4 is 0 Å². The second-order valence-corrected chi connectivity index (χ2v) is 6.69. The Morgan fingerprint density at radius 2 is 1.45 bits per heavy atom. The quantitative estimate of drug-likeness (QED) is 0.385. The molecule has 2 aromatic carbocycles. The molecule has 0 aliphatic heterocycles. The molecule has 0 heterocycles. The van der Waals surface area contributed by atoms with E-state index in [4.69, 9.17) is 4.52 Å². The molecule has 0 aromatic heterocycles. The molecule has 1 nitrogen and oxygen atoms in total. The van der Waals surface area contributed by atoms with Crippen LogP contribution in [0.4, 0.5) is 0 Å². The van der Waals surface area contributed by atoms with Gasteiger partial charge >= 0.3 is 0 Å². The molecule has 0 aliphatic carbocycles. The van der Waals surface area contributed by atoms with E-state index in [1.54, 1.807) is 0 Å². The minimum absolute atomic E-state index is 0.503. The molecule has 2 heteroatoms. The van der Waals surface area contributed by atoms with Gasteiger partial charge < -0.3 is 4.52 Å². The SMILES string of the molecule is CCCCOPCCCC(c1ccccc1)c1ccccc1. The lowest BCUT2D eigenvalue weighted by Crippen LogP contribution is -2.01. The number of hydrogen-bond acceptors (Lipinski definition) is 1. The summed E-state index contributed by atoms with van der Waals surface area (Å²) in [6, 6.07) is 21.7. The Labute approximate surface area is 137 Å².